The fourth-order valence-electron chi connectivity index (χ4n) is 3.88. The predicted octanol–water partition coefficient (Wildman–Crippen LogP) is 4.39. The molecule has 4 nitrogen and oxygen atoms in total. The summed E-state index contributed by atoms with van der Waals surface area (Å²) in [6, 6.07) is 8.13. The van der Waals surface area contributed by atoms with E-state index in [1.165, 1.54) is 24.1 Å². The molecule has 25 heavy (non-hydrogen) atoms. The van der Waals surface area contributed by atoms with Crippen molar-refractivity contribution in [3.63, 3.8) is 0 Å². The van der Waals surface area contributed by atoms with Crippen LogP contribution in [0.3, 0.4) is 0 Å². The first-order chi connectivity index (χ1) is 12.2. The van der Waals surface area contributed by atoms with Crippen molar-refractivity contribution in [3.05, 3.63) is 40.5 Å². The molecule has 1 aromatic heterocycles. The Morgan fingerprint density at radius 2 is 1.84 bits per heavy atom. The lowest BCUT2D eigenvalue weighted by atomic mass is 9.92. The number of nitrogens with zero attached hydrogens (tertiary/aromatic N) is 2. The summed E-state index contributed by atoms with van der Waals surface area (Å²) >= 11 is 6.15. The van der Waals surface area contributed by atoms with Gasteiger partial charge in [-0.05, 0) is 63.5 Å². The Morgan fingerprint density at radius 3 is 2.64 bits per heavy atom. The second-order valence-corrected chi connectivity index (χ2v) is 7.62. The highest BCUT2D eigenvalue weighted by atomic mass is 35.5. The van der Waals surface area contributed by atoms with E-state index in [0.29, 0.717) is 11.1 Å². The van der Waals surface area contributed by atoms with E-state index < -0.39 is 0 Å². The molecule has 1 heterocycles. The molecule has 0 spiro atoms. The summed E-state index contributed by atoms with van der Waals surface area (Å²) in [5, 5.41) is 14.1. The van der Waals surface area contributed by atoms with Gasteiger partial charge in [0.2, 0.25) is 0 Å². The standard InChI is InChI=1S/C20H24ClN3O/c21-14-5-3-4-13(12-14)19-23-18-7-2-1-6-17(18)20(24-19)22-15-8-10-16(25)11-9-15/h3-5,12,15-16,25H,1-2,6-11H2,(H,22,23,24)/t15-,16-. The van der Waals surface area contributed by atoms with E-state index in [9.17, 15) is 5.11 Å². The van der Waals surface area contributed by atoms with Gasteiger partial charge in [0, 0.05) is 27.9 Å². The van der Waals surface area contributed by atoms with Crippen LogP contribution in [0.5, 0.6) is 0 Å². The van der Waals surface area contributed by atoms with Gasteiger partial charge in [-0.3, -0.25) is 0 Å². The maximum Gasteiger partial charge on any atom is 0.161 e. The maximum absolute atomic E-state index is 9.74. The fourth-order valence-corrected chi connectivity index (χ4v) is 4.07. The highest BCUT2D eigenvalue weighted by Gasteiger charge is 2.23. The van der Waals surface area contributed by atoms with Crippen LogP contribution in [0.15, 0.2) is 24.3 Å². The number of anilines is 1. The Hall–Kier alpha value is -1.65. The quantitative estimate of drug-likeness (QED) is 0.855. The lowest BCUT2D eigenvalue weighted by Gasteiger charge is -2.28. The van der Waals surface area contributed by atoms with E-state index >= 15 is 0 Å². The van der Waals surface area contributed by atoms with Crippen molar-refractivity contribution >= 4 is 17.4 Å². The SMILES string of the molecule is O[C@H]1CC[C@H](Nc2nc(-c3cccc(Cl)c3)nc3c2CCCC3)CC1. The van der Waals surface area contributed by atoms with E-state index in [1.807, 2.05) is 24.3 Å². The van der Waals surface area contributed by atoms with Crippen molar-refractivity contribution < 1.29 is 5.11 Å². The minimum absolute atomic E-state index is 0.139. The zero-order valence-electron chi connectivity index (χ0n) is 14.3. The van der Waals surface area contributed by atoms with Gasteiger partial charge in [-0.1, -0.05) is 23.7 Å². The van der Waals surface area contributed by atoms with Gasteiger partial charge in [-0.25, -0.2) is 9.97 Å². The molecule has 2 N–H and O–H groups in total. The molecule has 0 unspecified atom stereocenters. The average molecular weight is 358 g/mol. The molecule has 4 rings (SSSR count). The molecular weight excluding hydrogens is 334 g/mol. The second-order valence-electron chi connectivity index (χ2n) is 7.19. The zero-order chi connectivity index (χ0) is 17.2. The molecule has 5 heteroatoms. The van der Waals surface area contributed by atoms with Gasteiger partial charge in [-0.15, -0.1) is 0 Å². The van der Waals surface area contributed by atoms with Crippen molar-refractivity contribution in [1.82, 2.24) is 9.97 Å². The first-order valence-corrected chi connectivity index (χ1v) is 9.67. The zero-order valence-corrected chi connectivity index (χ0v) is 15.1. The molecule has 132 valence electrons. The van der Waals surface area contributed by atoms with E-state index in [2.05, 4.69) is 5.32 Å². The average Bonchev–Trinajstić information content (AvgIpc) is 2.63. The summed E-state index contributed by atoms with van der Waals surface area (Å²) in [5.74, 6) is 1.74. The number of hydrogen-bond donors (Lipinski definition) is 2. The Balaban J connectivity index is 1.68. The molecule has 0 atom stereocenters. The van der Waals surface area contributed by atoms with Crippen LogP contribution >= 0.6 is 11.6 Å². The summed E-state index contributed by atoms with van der Waals surface area (Å²) < 4.78 is 0. The van der Waals surface area contributed by atoms with Crippen LogP contribution < -0.4 is 5.32 Å². The Morgan fingerprint density at radius 1 is 1.04 bits per heavy atom. The minimum Gasteiger partial charge on any atom is -0.393 e. The van der Waals surface area contributed by atoms with Gasteiger partial charge in [0.15, 0.2) is 5.82 Å². The molecule has 0 saturated heterocycles. The number of halogens is 1. The molecule has 2 aliphatic rings. The predicted molar refractivity (Wildman–Crippen MR) is 101 cm³/mol. The summed E-state index contributed by atoms with van der Waals surface area (Å²) in [6.07, 6.45) is 8.03. The monoisotopic (exact) mass is 357 g/mol. The number of fused-ring (bicyclic) bond motifs is 1. The number of nitrogens with one attached hydrogen (secondary N) is 1. The first kappa shape index (κ1) is 16.8. The van der Waals surface area contributed by atoms with Crippen LogP contribution in [0, 0.1) is 0 Å². The summed E-state index contributed by atoms with van der Waals surface area (Å²) in [4.78, 5) is 9.71. The van der Waals surface area contributed by atoms with E-state index in [0.717, 1.165) is 55.7 Å². The number of rotatable bonds is 3. The van der Waals surface area contributed by atoms with Crippen LogP contribution in [-0.4, -0.2) is 27.2 Å². The van der Waals surface area contributed by atoms with Gasteiger partial charge in [-0.2, -0.15) is 0 Å². The largest absolute Gasteiger partial charge is 0.393 e. The summed E-state index contributed by atoms with van der Waals surface area (Å²) in [5.41, 5.74) is 3.42. The van der Waals surface area contributed by atoms with Gasteiger partial charge >= 0.3 is 0 Å². The summed E-state index contributed by atoms with van der Waals surface area (Å²) in [7, 11) is 0. The molecule has 1 aromatic carbocycles. The molecule has 0 aliphatic heterocycles. The number of aliphatic hydroxyl groups excluding tert-OH is 1. The lowest BCUT2D eigenvalue weighted by Crippen LogP contribution is -2.29. The molecule has 0 radical (unpaired) electrons. The van der Waals surface area contributed by atoms with Crippen molar-refractivity contribution in [2.75, 3.05) is 5.32 Å². The number of aromatic nitrogens is 2. The highest BCUT2D eigenvalue weighted by Crippen LogP contribution is 2.31. The number of aliphatic hydroxyl groups is 1. The van der Waals surface area contributed by atoms with Crippen LogP contribution in [0.2, 0.25) is 5.02 Å². The number of benzene rings is 1. The molecule has 2 aliphatic carbocycles. The van der Waals surface area contributed by atoms with Gasteiger partial charge < -0.3 is 10.4 Å². The third kappa shape index (κ3) is 3.80. The Labute approximate surface area is 153 Å². The van der Waals surface area contributed by atoms with Crippen molar-refractivity contribution in [2.45, 2.75) is 63.5 Å². The lowest BCUT2D eigenvalue weighted by molar-refractivity contribution is 0.126. The van der Waals surface area contributed by atoms with Crippen LogP contribution in [0.1, 0.15) is 49.8 Å². The molecule has 1 fully saturated rings. The molecule has 0 amide bonds. The van der Waals surface area contributed by atoms with Gasteiger partial charge in [0.05, 0.1) is 6.10 Å². The maximum atomic E-state index is 9.74. The van der Waals surface area contributed by atoms with Crippen LogP contribution in [0.4, 0.5) is 5.82 Å². The molecule has 2 aromatic rings. The second kappa shape index (κ2) is 7.30. The highest BCUT2D eigenvalue weighted by molar-refractivity contribution is 6.30. The Kier molecular flexibility index (Phi) is 4.91. The minimum atomic E-state index is -0.139. The number of aryl methyl sites for hydroxylation is 1. The normalized spacial score (nSPS) is 23.1. The topological polar surface area (TPSA) is 58.0 Å². The van der Waals surface area contributed by atoms with E-state index in [1.54, 1.807) is 0 Å². The Bertz CT molecular complexity index is 757. The molecule has 1 saturated carbocycles. The summed E-state index contributed by atoms with van der Waals surface area (Å²) in [6.45, 7) is 0. The number of hydrogen-bond acceptors (Lipinski definition) is 4. The first-order valence-electron chi connectivity index (χ1n) is 9.29. The van der Waals surface area contributed by atoms with Crippen LogP contribution in [-0.2, 0) is 12.8 Å². The fraction of sp³-hybridized carbons (Fsp3) is 0.500. The van der Waals surface area contributed by atoms with E-state index in [4.69, 9.17) is 21.6 Å². The van der Waals surface area contributed by atoms with Gasteiger partial charge in [0.25, 0.3) is 0 Å². The van der Waals surface area contributed by atoms with Gasteiger partial charge in [0.1, 0.15) is 5.82 Å². The van der Waals surface area contributed by atoms with Crippen molar-refractivity contribution in [2.24, 2.45) is 0 Å². The smallest absolute Gasteiger partial charge is 0.161 e. The molecule has 0 bridgehead atoms. The molecular formula is C20H24ClN3O. The van der Waals surface area contributed by atoms with E-state index in [-0.39, 0.29) is 6.10 Å². The van der Waals surface area contributed by atoms with Crippen LogP contribution in [0.25, 0.3) is 11.4 Å². The van der Waals surface area contributed by atoms with Crippen molar-refractivity contribution in [3.8, 4) is 11.4 Å². The third-order valence-corrected chi connectivity index (χ3v) is 5.54. The van der Waals surface area contributed by atoms with Crippen molar-refractivity contribution in [1.29, 1.82) is 0 Å². The third-order valence-electron chi connectivity index (χ3n) is 5.30.